The Morgan fingerprint density at radius 3 is 2.35 bits per heavy atom. The van der Waals surface area contributed by atoms with Crippen LogP contribution in [0, 0.1) is 17.8 Å². The first kappa shape index (κ1) is 10.2. The number of nitrogens with one attached hydrogen (secondary N) is 1. The van der Waals surface area contributed by atoms with Gasteiger partial charge >= 0.3 is 6.03 Å². The molecule has 0 radical (unpaired) electrons. The fraction of sp³-hybridized carbons (Fsp3) is 0.923. The minimum atomic E-state index is 0.160. The number of hydrogen-bond acceptors (Lipinski definition) is 2. The Labute approximate surface area is 102 Å². The number of fused-ring (bicyclic) bond motifs is 5. The number of nitrogens with zero attached hydrogens (tertiary/aromatic N) is 1. The Morgan fingerprint density at radius 2 is 1.82 bits per heavy atom. The lowest BCUT2D eigenvalue weighted by Gasteiger charge is -2.19. The monoisotopic (exact) mass is 236 g/mol. The van der Waals surface area contributed by atoms with Gasteiger partial charge in [0.2, 0.25) is 0 Å². The van der Waals surface area contributed by atoms with Crippen molar-refractivity contribution in [1.29, 1.82) is 0 Å². The van der Waals surface area contributed by atoms with Crippen LogP contribution in [0.15, 0.2) is 0 Å². The first-order valence-electron chi connectivity index (χ1n) is 6.93. The van der Waals surface area contributed by atoms with Crippen molar-refractivity contribution in [1.82, 2.24) is 10.2 Å². The van der Waals surface area contributed by atoms with E-state index in [4.69, 9.17) is 4.74 Å². The molecule has 0 aromatic carbocycles. The summed E-state index contributed by atoms with van der Waals surface area (Å²) >= 11 is 0. The number of likely N-dealkylation sites (tertiary alicyclic amines) is 1. The van der Waals surface area contributed by atoms with Gasteiger partial charge < -0.3 is 15.0 Å². The Balaban J connectivity index is 1.40. The van der Waals surface area contributed by atoms with Crippen molar-refractivity contribution in [3.05, 3.63) is 0 Å². The number of carbonyl (C=O) groups excluding carboxylic acids is 1. The van der Waals surface area contributed by atoms with Gasteiger partial charge in [-0.15, -0.1) is 0 Å². The van der Waals surface area contributed by atoms with Crippen molar-refractivity contribution in [2.24, 2.45) is 17.8 Å². The van der Waals surface area contributed by atoms with E-state index in [2.05, 4.69) is 12.2 Å². The van der Waals surface area contributed by atoms with Crippen molar-refractivity contribution in [3.8, 4) is 0 Å². The van der Waals surface area contributed by atoms with Crippen LogP contribution in [0.4, 0.5) is 4.79 Å². The molecular formula is C13H20N2O2. The molecule has 6 atom stereocenters. The molecule has 3 heterocycles. The van der Waals surface area contributed by atoms with Crippen LogP contribution in [0.5, 0.6) is 0 Å². The zero-order valence-corrected chi connectivity index (χ0v) is 10.3. The summed E-state index contributed by atoms with van der Waals surface area (Å²) in [5.74, 6) is 1.92. The molecular weight excluding hydrogens is 216 g/mol. The first-order valence-corrected chi connectivity index (χ1v) is 6.93. The van der Waals surface area contributed by atoms with Crippen molar-refractivity contribution in [3.63, 3.8) is 0 Å². The summed E-state index contributed by atoms with van der Waals surface area (Å²) in [4.78, 5) is 14.1. The topological polar surface area (TPSA) is 41.6 Å². The minimum absolute atomic E-state index is 0.160. The van der Waals surface area contributed by atoms with Gasteiger partial charge in [-0.05, 0) is 25.2 Å². The van der Waals surface area contributed by atoms with Crippen LogP contribution in [-0.4, -0.2) is 42.3 Å². The molecule has 17 heavy (non-hydrogen) atoms. The molecule has 4 aliphatic rings. The molecule has 0 aromatic heterocycles. The van der Waals surface area contributed by atoms with Gasteiger partial charge in [0.1, 0.15) is 0 Å². The van der Waals surface area contributed by atoms with E-state index < -0.39 is 0 Å². The van der Waals surface area contributed by atoms with E-state index >= 15 is 0 Å². The third-order valence-electron chi connectivity index (χ3n) is 5.16. The van der Waals surface area contributed by atoms with Crippen molar-refractivity contribution in [2.45, 2.75) is 44.4 Å². The third-order valence-corrected chi connectivity index (χ3v) is 5.16. The van der Waals surface area contributed by atoms with Crippen LogP contribution >= 0.6 is 0 Å². The van der Waals surface area contributed by atoms with Crippen LogP contribution in [0.2, 0.25) is 0 Å². The fourth-order valence-corrected chi connectivity index (χ4v) is 3.90. The normalized spacial score (nSPS) is 50.5. The molecule has 4 nitrogen and oxygen atoms in total. The SMILES string of the molecule is C[C@@H]1C[C@H]1NC(=O)N1C[C@@H]2[C@H](C1)[C@H]1CC[C@H]2O1. The van der Waals surface area contributed by atoms with E-state index in [1.54, 1.807) is 0 Å². The largest absolute Gasteiger partial charge is 0.374 e. The molecule has 4 heteroatoms. The fourth-order valence-electron chi connectivity index (χ4n) is 3.90. The average Bonchev–Trinajstić information content (AvgIpc) is 2.83. The van der Waals surface area contributed by atoms with E-state index in [-0.39, 0.29) is 6.03 Å². The van der Waals surface area contributed by atoms with Crippen LogP contribution in [0.25, 0.3) is 0 Å². The quantitative estimate of drug-likeness (QED) is 0.743. The summed E-state index contributed by atoms with van der Waals surface area (Å²) in [5, 5.41) is 3.13. The van der Waals surface area contributed by atoms with Gasteiger partial charge in [0.15, 0.2) is 0 Å². The molecule has 4 rings (SSSR count). The molecule has 4 fully saturated rings. The molecule has 1 N–H and O–H groups in total. The highest BCUT2D eigenvalue weighted by atomic mass is 16.5. The minimum Gasteiger partial charge on any atom is -0.374 e. The van der Waals surface area contributed by atoms with E-state index in [0.29, 0.717) is 36.0 Å². The van der Waals surface area contributed by atoms with Crippen LogP contribution < -0.4 is 5.32 Å². The Hall–Kier alpha value is -0.770. The van der Waals surface area contributed by atoms with E-state index in [1.165, 1.54) is 12.8 Å². The highest BCUT2D eigenvalue weighted by Crippen LogP contribution is 2.47. The second-order valence-electron chi connectivity index (χ2n) is 6.29. The molecule has 3 aliphatic heterocycles. The predicted molar refractivity (Wildman–Crippen MR) is 62.5 cm³/mol. The lowest BCUT2D eigenvalue weighted by atomic mass is 9.82. The molecule has 0 unspecified atom stereocenters. The summed E-state index contributed by atoms with van der Waals surface area (Å²) in [6.07, 6.45) is 4.47. The summed E-state index contributed by atoms with van der Waals surface area (Å²) < 4.78 is 5.92. The number of rotatable bonds is 1. The number of ether oxygens (including phenoxy) is 1. The van der Waals surface area contributed by atoms with Gasteiger partial charge in [0, 0.05) is 31.0 Å². The Morgan fingerprint density at radius 1 is 1.24 bits per heavy atom. The van der Waals surface area contributed by atoms with Gasteiger partial charge in [0.25, 0.3) is 0 Å². The maximum atomic E-state index is 12.1. The zero-order chi connectivity index (χ0) is 11.6. The summed E-state index contributed by atoms with van der Waals surface area (Å²) in [6, 6.07) is 0.601. The third kappa shape index (κ3) is 1.49. The van der Waals surface area contributed by atoms with Gasteiger partial charge in [-0.25, -0.2) is 4.79 Å². The summed E-state index contributed by atoms with van der Waals surface area (Å²) in [6.45, 7) is 4.02. The smallest absolute Gasteiger partial charge is 0.317 e. The van der Waals surface area contributed by atoms with Crippen molar-refractivity contribution >= 4 is 6.03 Å². The standard InChI is InChI=1S/C13H20N2O2/c1-7-4-10(7)14-13(16)15-5-8-9(6-15)12-3-2-11(8)17-12/h7-12H,2-6H2,1H3,(H,14,16)/t7-,8-,9+,10-,11-,12-/m1/s1. The van der Waals surface area contributed by atoms with Gasteiger partial charge in [0.05, 0.1) is 12.2 Å². The average molecular weight is 236 g/mol. The number of carbonyl (C=O) groups is 1. The molecule has 0 aromatic rings. The zero-order valence-electron chi connectivity index (χ0n) is 10.3. The van der Waals surface area contributed by atoms with Crippen LogP contribution in [0.3, 0.4) is 0 Å². The van der Waals surface area contributed by atoms with E-state index in [9.17, 15) is 4.79 Å². The molecule has 0 spiro atoms. The maximum Gasteiger partial charge on any atom is 0.317 e. The lowest BCUT2D eigenvalue weighted by molar-refractivity contribution is 0.0738. The van der Waals surface area contributed by atoms with Crippen LogP contribution in [0.1, 0.15) is 26.2 Å². The van der Waals surface area contributed by atoms with Crippen molar-refractivity contribution < 1.29 is 9.53 Å². The number of amides is 2. The predicted octanol–water partition coefficient (Wildman–Crippen LogP) is 1.21. The number of hydrogen-bond donors (Lipinski definition) is 1. The second kappa shape index (κ2) is 3.37. The second-order valence-corrected chi connectivity index (χ2v) is 6.29. The van der Waals surface area contributed by atoms with Crippen molar-refractivity contribution in [2.75, 3.05) is 13.1 Å². The molecule has 3 saturated heterocycles. The van der Waals surface area contributed by atoms with Gasteiger partial charge in [-0.2, -0.15) is 0 Å². The molecule has 1 aliphatic carbocycles. The summed E-state index contributed by atoms with van der Waals surface area (Å²) in [5.41, 5.74) is 0. The Bertz CT molecular complexity index is 341. The number of urea groups is 1. The maximum absolute atomic E-state index is 12.1. The lowest BCUT2D eigenvalue weighted by Crippen LogP contribution is -2.41. The molecule has 2 bridgehead atoms. The summed E-state index contributed by atoms with van der Waals surface area (Å²) in [7, 11) is 0. The molecule has 94 valence electrons. The van der Waals surface area contributed by atoms with E-state index in [1.807, 2.05) is 4.90 Å². The van der Waals surface area contributed by atoms with Gasteiger partial charge in [-0.1, -0.05) is 6.92 Å². The molecule has 2 amide bonds. The van der Waals surface area contributed by atoms with Gasteiger partial charge in [-0.3, -0.25) is 0 Å². The van der Waals surface area contributed by atoms with E-state index in [0.717, 1.165) is 19.5 Å². The highest BCUT2D eigenvalue weighted by Gasteiger charge is 2.54. The first-order chi connectivity index (χ1) is 8.22. The molecule has 1 saturated carbocycles. The van der Waals surface area contributed by atoms with Crippen LogP contribution in [-0.2, 0) is 4.74 Å². The Kier molecular flexibility index (Phi) is 2.02. The highest BCUT2D eigenvalue weighted by molar-refractivity contribution is 5.75.